The van der Waals surface area contributed by atoms with Gasteiger partial charge in [-0.2, -0.15) is 4.98 Å². The average Bonchev–Trinajstić information content (AvgIpc) is 3.57. The Bertz CT molecular complexity index is 1530. The number of benzene rings is 1. The third kappa shape index (κ3) is 7.13. The molecule has 3 aliphatic rings. The number of anilines is 3. The number of hydrogen-bond donors (Lipinski definition) is 1. The van der Waals surface area contributed by atoms with Gasteiger partial charge in [-0.1, -0.05) is 6.92 Å². The standard InChI is InChI=1S/C28H34F3N5O6S/c1-4-41-23(37)16-43(39,40)34-19-12-20(29)24(21(13-19)36-8-5-27(3)14-18(27)15-36)25(38)42-22-11-17(2)32-26(33-22)35-9-6-28(30,31)7-10-35/h11-13,18,34H,4-10,14-16H2,1-3H3/t18-,27-/m0/s1. The number of aromatic nitrogens is 2. The maximum absolute atomic E-state index is 15.7. The molecule has 5 rings (SSSR count). The molecule has 2 aromatic rings. The molecule has 43 heavy (non-hydrogen) atoms. The summed E-state index contributed by atoms with van der Waals surface area (Å²) in [6.45, 7) is 6.41. The lowest BCUT2D eigenvalue weighted by atomic mass is 9.96. The van der Waals surface area contributed by atoms with E-state index in [0.717, 1.165) is 18.9 Å². The van der Waals surface area contributed by atoms with Crippen LogP contribution < -0.4 is 19.3 Å². The molecule has 1 aliphatic carbocycles. The number of aryl methyl sites for hydroxylation is 1. The molecule has 0 amide bonds. The lowest BCUT2D eigenvalue weighted by Crippen LogP contribution is -2.40. The number of carbonyl (C=O) groups excluding carboxylic acids is 2. The van der Waals surface area contributed by atoms with Crippen molar-refractivity contribution in [3.8, 4) is 5.88 Å². The van der Waals surface area contributed by atoms with Crippen LogP contribution in [0, 0.1) is 24.1 Å². The monoisotopic (exact) mass is 625 g/mol. The first kappa shape index (κ1) is 30.8. The van der Waals surface area contributed by atoms with Crippen LogP contribution in [0.3, 0.4) is 0 Å². The molecule has 1 aromatic carbocycles. The molecule has 3 fully saturated rings. The number of alkyl halides is 2. The van der Waals surface area contributed by atoms with Crippen molar-refractivity contribution in [3.63, 3.8) is 0 Å². The van der Waals surface area contributed by atoms with Crippen LogP contribution in [0.4, 0.5) is 30.5 Å². The molecule has 1 N–H and O–H groups in total. The first-order chi connectivity index (χ1) is 20.2. The fraction of sp³-hybridized carbons (Fsp3) is 0.571. The van der Waals surface area contributed by atoms with E-state index in [1.54, 1.807) is 18.7 Å². The number of rotatable bonds is 9. The van der Waals surface area contributed by atoms with Crippen molar-refractivity contribution in [1.82, 2.24) is 9.97 Å². The lowest BCUT2D eigenvalue weighted by molar-refractivity contribution is -0.139. The summed E-state index contributed by atoms with van der Waals surface area (Å²) in [5.74, 6) is -6.52. The zero-order chi connectivity index (χ0) is 31.2. The highest BCUT2D eigenvalue weighted by molar-refractivity contribution is 7.93. The van der Waals surface area contributed by atoms with E-state index in [0.29, 0.717) is 24.7 Å². The minimum Gasteiger partial charge on any atom is -0.465 e. The SMILES string of the molecule is CCOC(=O)CS(=O)(=O)Nc1cc(F)c(C(=O)Oc2cc(C)nc(N3CCC(F)(F)CC3)n2)c(N2CC[C@@]3(C)C[C@H]3C2)c1. The highest BCUT2D eigenvalue weighted by Gasteiger charge is 2.53. The molecule has 2 saturated heterocycles. The molecule has 234 valence electrons. The van der Waals surface area contributed by atoms with Crippen LogP contribution in [0.15, 0.2) is 18.2 Å². The molecule has 3 heterocycles. The minimum absolute atomic E-state index is 0.000303. The van der Waals surface area contributed by atoms with E-state index in [-0.39, 0.29) is 61.2 Å². The third-order valence-corrected chi connectivity index (χ3v) is 9.39. The number of nitrogens with zero attached hydrogens (tertiary/aromatic N) is 4. The van der Waals surface area contributed by atoms with Crippen LogP contribution in [0.1, 0.15) is 55.6 Å². The number of ether oxygens (including phenoxy) is 2. The van der Waals surface area contributed by atoms with Gasteiger partial charge in [0.05, 0.1) is 18.0 Å². The maximum Gasteiger partial charge on any atom is 0.350 e. The number of carbonyl (C=O) groups is 2. The molecule has 2 aliphatic heterocycles. The predicted octanol–water partition coefficient (Wildman–Crippen LogP) is 3.92. The van der Waals surface area contributed by atoms with Crippen LogP contribution in [0.5, 0.6) is 5.88 Å². The third-order valence-electron chi connectivity index (χ3n) is 8.23. The molecule has 0 bridgehead atoms. The second kappa shape index (κ2) is 11.5. The molecule has 0 spiro atoms. The smallest absolute Gasteiger partial charge is 0.350 e. The zero-order valence-electron chi connectivity index (χ0n) is 24.2. The van der Waals surface area contributed by atoms with Gasteiger partial charge in [-0.15, -0.1) is 0 Å². The van der Waals surface area contributed by atoms with Crippen molar-refractivity contribution in [2.45, 2.75) is 52.4 Å². The molecule has 2 atom stereocenters. The first-order valence-electron chi connectivity index (χ1n) is 14.1. The van der Waals surface area contributed by atoms with Gasteiger partial charge < -0.3 is 19.3 Å². The Morgan fingerprint density at radius 2 is 1.79 bits per heavy atom. The molecule has 15 heteroatoms. The van der Waals surface area contributed by atoms with Gasteiger partial charge in [-0.3, -0.25) is 9.52 Å². The maximum atomic E-state index is 15.7. The number of sulfonamides is 1. The number of fused-ring (bicyclic) bond motifs is 1. The fourth-order valence-electron chi connectivity index (χ4n) is 5.64. The van der Waals surface area contributed by atoms with E-state index < -0.39 is 45.0 Å². The predicted molar refractivity (Wildman–Crippen MR) is 152 cm³/mol. The quantitative estimate of drug-likeness (QED) is 0.409. The van der Waals surface area contributed by atoms with Gasteiger partial charge in [0.2, 0.25) is 21.9 Å². The van der Waals surface area contributed by atoms with E-state index in [4.69, 9.17) is 9.47 Å². The van der Waals surface area contributed by atoms with E-state index in [2.05, 4.69) is 21.6 Å². The summed E-state index contributed by atoms with van der Waals surface area (Å²) in [5.41, 5.74) is 0.160. The van der Waals surface area contributed by atoms with Gasteiger partial charge in [-0.05, 0) is 50.2 Å². The number of piperidine rings is 2. The van der Waals surface area contributed by atoms with Crippen LogP contribution >= 0.6 is 0 Å². The summed E-state index contributed by atoms with van der Waals surface area (Å²) in [7, 11) is -4.24. The zero-order valence-corrected chi connectivity index (χ0v) is 25.0. The lowest BCUT2D eigenvalue weighted by Gasteiger charge is -2.33. The van der Waals surface area contributed by atoms with Gasteiger partial charge in [0.1, 0.15) is 11.4 Å². The number of nitrogens with one attached hydrogen (secondary N) is 1. The van der Waals surface area contributed by atoms with Gasteiger partial charge in [0.25, 0.3) is 5.92 Å². The van der Waals surface area contributed by atoms with Gasteiger partial charge in [-0.25, -0.2) is 31.4 Å². The Kier molecular flexibility index (Phi) is 8.22. The van der Waals surface area contributed by atoms with Crippen molar-refractivity contribution in [2.24, 2.45) is 11.3 Å². The summed E-state index contributed by atoms with van der Waals surface area (Å²) < 4.78 is 80.6. The second-order valence-electron chi connectivity index (χ2n) is 11.6. The molecule has 1 aromatic heterocycles. The molecular formula is C28H34F3N5O6S. The average molecular weight is 626 g/mol. The first-order valence-corrected chi connectivity index (χ1v) is 15.8. The van der Waals surface area contributed by atoms with E-state index in [1.807, 2.05) is 4.90 Å². The van der Waals surface area contributed by atoms with Crippen LogP contribution in [0.2, 0.25) is 0 Å². The highest BCUT2D eigenvalue weighted by Crippen LogP contribution is 2.58. The van der Waals surface area contributed by atoms with Crippen molar-refractivity contribution in [3.05, 3.63) is 35.3 Å². The molecule has 11 nitrogen and oxygen atoms in total. The van der Waals surface area contributed by atoms with Gasteiger partial charge in [0, 0.05) is 50.8 Å². The highest BCUT2D eigenvalue weighted by atomic mass is 32.2. The normalized spacial score (nSPS) is 22.9. The van der Waals surface area contributed by atoms with Crippen LogP contribution in [-0.2, 0) is 19.6 Å². The van der Waals surface area contributed by atoms with Crippen LogP contribution in [-0.4, -0.2) is 74.8 Å². The van der Waals surface area contributed by atoms with Crippen molar-refractivity contribution in [2.75, 3.05) is 53.1 Å². The molecule has 1 saturated carbocycles. The molecular weight excluding hydrogens is 591 g/mol. The van der Waals surface area contributed by atoms with E-state index in [9.17, 15) is 26.8 Å². The number of hydrogen-bond acceptors (Lipinski definition) is 10. The number of halogens is 3. The Morgan fingerprint density at radius 1 is 1.09 bits per heavy atom. The Labute approximate surface area is 247 Å². The van der Waals surface area contributed by atoms with Crippen molar-refractivity contribution in [1.29, 1.82) is 0 Å². The number of esters is 2. The minimum atomic E-state index is -4.24. The largest absolute Gasteiger partial charge is 0.465 e. The van der Waals surface area contributed by atoms with E-state index in [1.165, 1.54) is 12.1 Å². The topological polar surface area (TPSA) is 131 Å². The Balaban J connectivity index is 1.43. The summed E-state index contributed by atoms with van der Waals surface area (Å²) in [6.07, 6.45) is 1.07. The Morgan fingerprint density at radius 3 is 2.47 bits per heavy atom. The van der Waals surface area contributed by atoms with Crippen molar-refractivity contribution >= 4 is 39.3 Å². The summed E-state index contributed by atoms with van der Waals surface area (Å²) >= 11 is 0. The fourth-order valence-corrected chi connectivity index (χ4v) is 6.58. The van der Waals surface area contributed by atoms with Crippen LogP contribution in [0.25, 0.3) is 0 Å². The molecule has 0 unspecified atom stereocenters. The second-order valence-corrected chi connectivity index (χ2v) is 13.4. The molecule has 0 radical (unpaired) electrons. The van der Waals surface area contributed by atoms with Crippen molar-refractivity contribution < 1.29 is 40.7 Å². The Hall–Kier alpha value is -3.62. The summed E-state index contributed by atoms with van der Waals surface area (Å²) in [5, 5.41) is 0. The van der Waals surface area contributed by atoms with Gasteiger partial charge >= 0.3 is 11.9 Å². The summed E-state index contributed by atoms with van der Waals surface area (Å²) in [6, 6.07) is 3.57. The van der Waals surface area contributed by atoms with Gasteiger partial charge in [0.15, 0.2) is 5.75 Å². The van der Waals surface area contributed by atoms with E-state index >= 15 is 4.39 Å². The summed E-state index contributed by atoms with van der Waals surface area (Å²) in [4.78, 5) is 37.2.